The van der Waals surface area contributed by atoms with Crippen molar-refractivity contribution in [3.05, 3.63) is 47.8 Å². The number of benzene rings is 1. The van der Waals surface area contributed by atoms with E-state index in [1.54, 1.807) is 12.1 Å². The Morgan fingerprint density at radius 1 is 1.28 bits per heavy atom. The van der Waals surface area contributed by atoms with Gasteiger partial charge in [-0.2, -0.15) is 0 Å². The highest BCUT2D eigenvalue weighted by Crippen LogP contribution is 2.33. The molecular formula is C18H20N4O2S. The molecule has 0 saturated carbocycles. The Balaban J connectivity index is 1.48. The quantitative estimate of drug-likeness (QED) is 0.789. The zero-order valence-corrected chi connectivity index (χ0v) is 14.6. The predicted molar refractivity (Wildman–Crippen MR) is 98.0 cm³/mol. The number of carbonyl (C=O) groups is 2. The van der Waals surface area contributed by atoms with Gasteiger partial charge in [-0.3, -0.25) is 13.6 Å². The standard InChI is InChI=1S/C18H20N4O2S/c23-17(20-11-12-5-7-19-8-6-12)13-3-4-16-14(10-13)21-18(24)15-2-1-9-22(15)25-16/h1-4,9-10,12,19H,5-8,11H2,(H,20,23)(H,21,24). The number of nitrogens with zero attached hydrogens (tertiary/aromatic N) is 1. The van der Waals surface area contributed by atoms with E-state index in [2.05, 4.69) is 16.0 Å². The number of amides is 2. The largest absolute Gasteiger partial charge is 0.352 e. The molecule has 130 valence electrons. The Labute approximate surface area is 150 Å². The van der Waals surface area contributed by atoms with Gasteiger partial charge >= 0.3 is 0 Å². The first-order chi connectivity index (χ1) is 12.2. The van der Waals surface area contributed by atoms with E-state index in [9.17, 15) is 9.59 Å². The van der Waals surface area contributed by atoms with Crippen molar-refractivity contribution in [1.82, 2.24) is 14.6 Å². The molecule has 3 heterocycles. The van der Waals surface area contributed by atoms with Crippen molar-refractivity contribution in [2.75, 3.05) is 25.0 Å². The van der Waals surface area contributed by atoms with Crippen LogP contribution in [0, 0.1) is 5.92 Å². The number of piperidine rings is 1. The summed E-state index contributed by atoms with van der Waals surface area (Å²) in [5, 5.41) is 9.25. The van der Waals surface area contributed by atoms with Gasteiger partial charge in [-0.15, -0.1) is 0 Å². The summed E-state index contributed by atoms with van der Waals surface area (Å²) in [5.74, 6) is 0.278. The molecule has 0 atom stereocenters. The lowest BCUT2D eigenvalue weighted by atomic mass is 9.98. The third-order valence-corrected chi connectivity index (χ3v) is 5.71. The maximum absolute atomic E-state index is 12.5. The molecule has 0 unspecified atom stereocenters. The van der Waals surface area contributed by atoms with Crippen molar-refractivity contribution in [2.24, 2.45) is 5.92 Å². The fourth-order valence-corrected chi connectivity index (χ4v) is 4.11. The van der Waals surface area contributed by atoms with Gasteiger partial charge in [0.05, 0.1) is 10.6 Å². The Hall–Kier alpha value is -2.25. The van der Waals surface area contributed by atoms with Gasteiger partial charge in [-0.25, -0.2) is 0 Å². The molecule has 3 N–H and O–H groups in total. The van der Waals surface area contributed by atoms with Crippen LogP contribution in [0.2, 0.25) is 0 Å². The van der Waals surface area contributed by atoms with Crippen molar-refractivity contribution in [1.29, 1.82) is 0 Å². The molecule has 0 aliphatic carbocycles. The van der Waals surface area contributed by atoms with Gasteiger partial charge in [0.15, 0.2) is 0 Å². The van der Waals surface area contributed by atoms with Gasteiger partial charge in [0.2, 0.25) is 0 Å². The molecule has 1 aromatic carbocycles. The molecule has 25 heavy (non-hydrogen) atoms. The van der Waals surface area contributed by atoms with E-state index in [4.69, 9.17) is 0 Å². The molecule has 2 aromatic rings. The summed E-state index contributed by atoms with van der Waals surface area (Å²) < 4.78 is 1.83. The van der Waals surface area contributed by atoms with E-state index < -0.39 is 0 Å². The normalized spacial score (nSPS) is 17.2. The summed E-state index contributed by atoms with van der Waals surface area (Å²) >= 11 is 1.46. The molecule has 6 nitrogen and oxygen atoms in total. The third kappa shape index (κ3) is 3.43. The van der Waals surface area contributed by atoms with E-state index in [-0.39, 0.29) is 11.8 Å². The molecule has 2 aliphatic rings. The highest BCUT2D eigenvalue weighted by Gasteiger charge is 2.21. The van der Waals surface area contributed by atoms with E-state index in [1.807, 2.05) is 28.4 Å². The number of hydrogen-bond donors (Lipinski definition) is 3. The van der Waals surface area contributed by atoms with Crippen LogP contribution in [0.1, 0.15) is 33.7 Å². The summed E-state index contributed by atoms with van der Waals surface area (Å²) in [4.78, 5) is 25.7. The van der Waals surface area contributed by atoms with Crippen molar-refractivity contribution >= 4 is 29.4 Å². The molecule has 1 aromatic heterocycles. The van der Waals surface area contributed by atoms with Crippen molar-refractivity contribution < 1.29 is 9.59 Å². The maximum Gasteiger partial charge on any atom is 0.273 e. The average Bonchev–Trinajstić information content (AvgIpc) is 3.05. The van der Waals surface area contributed by atoms with E-state index >= 15 is 0 Å². The Morgan fingerprint density at radius 3 is 2.96 bits per heavy atom. The zero-order chi connectivity index (χ0) is 17.2. The van der Waals surface area contributed by atoms with Gasteiger partial charge < -0.3 is 16.0 Å². The van der Waals surface area contributed by atoms with Gasteiger partial charge in [0.1, 0.15) is 5.69 Å². The minimum absolute atomic E-state index is 0.0931. The van der Waals surface area contributed by atoms with E-state index in [0.717, 1.165) is 30.8 Å². The molecule has 1 fully saturated rings. The lowest BCUT2D eigenvalue weighted by molar-refractivity contribution is 0.0943. The molecule has 0 bridgehead atoms. The number of aromatic nitrogens is 1. The molecule has 4 rings (SSSR count). The third-order valence-electron chi connectivity index (χ3n) is 4.64. The maximum atomic E-state index is 12.5. The molecule has 7 heteroatoms. The lowest BCUT2D eigenvalue weighted by Crippen LogP contribution is -2.36. The van der Waals surface area contributed by atoms with Crippen LogP contribution < -0.4 is 16.0 Å². The summed E-state index contributed by atoms with van der Waals surface area (Å²) in [6.45, 7) is 2.73. The number of anilines is 1. The second kappa shape index (κ2) is 6.93. The highest BCUT2D eigenvalue weighted by atomic mass is 32.2. The second-order valence-corrected chi connectivity index (χ2v) is 7.39. The number of nitrogens with one attached hydrogen (secondary N) is 3. The van der Waals surface area contributed by atoms with Crippen LogP contribution in [-0.4, -0.2) is 35.4 Å². The molecule has 0 spiro atoms. The van der Waals surface area contributed by atoms with Crippen molar-refractivity contribution in [2.45, 2.75) is 17.7 Å². The molecule has 2 aliphatic heterocycles. The fourth-order valence-electron chi connectivity index (χ4n) is 3.19. The summed E-state index contributed by atoms with van der Waals surface area (Å²) in [6, 6.07) is 9.07. The Kier molecular flexibility index (Phi) is 4.50. The van der Waals surface area contributed by atoms with Crippen LogP contribution in [0.4, 0.5) is 5.69 Å². The molecular weight excluding hydrogens is 336 g/mol. The zero-order valence-electron chi connectivity index (χ0n) is 13.7. The Bertz CT molecular complexity index is 811. The summed E-state index contributed by atoms with van der Waals surface area (Å²) in [5.41, 5.74) is 1.84. The van der Waals surface area contributed by atoms with E-state index in [0.29, 0.717) is 29.4 Å². The van der Waals surface area contributed by atoms with Crippen LogP contribution in [0.5, 0.6) is 0 Å². The summed E-state index contributed by atoms with van der Waals surface area (Å²) in [6.07, 6.45) is 4.04. The van der Waals surface area contributed by atoms with Crippen LogP contribution in [0.3, 0.4) is 0 Å². The minimum Gasteiger partial charge on any atom is -0.352 e. The van der Waals surface area contributed by atoms with E-state index in [1.165, 1.54) is 11.9 Å². The van der Waals surface area contributed by atoms with Crippen molar-refractivity contribution in [3.8, 4) is 0 Å². The number of fused-ring (bicyclic) bond motifs is 2. The molecule has 0 radical (unpaired) electrons. The monoisotopic (exact) mass is 356 g/mol. The SMILES string of the molecule is O=C(NCC1CCNCC1)c1ccc2c(c1)NC(=O)c1cccn1S2. The predicted octanol–water partition coefficient (Wildman–Crippen LogP) is 2.34. The number of hydrogen-bond acceptors (Lipinski definition) is 4. The lowest BCUT2D eigenvalue weighted by Gasteiger charge is -2.22. The van der Waals surface area contributed by atoms with Crippen LogP contribution >= 0.6 is 11.9 Å². The second-order valence-electron chi connectivity index (χ2n) is 6.38. The number of carbonyl (C=O) groups excluding carboxylic acids is 2. The van der Waals surface area contributed by atoms with Gasteiger partial charge in [0.25, 0.3) is 11.8 Å². The molecule has 1 saturated heterocycles. The van der Waals surface area contributed by atoms with Crippen LogP contribution in [0.15, 0.2) is 41.4 Å². The van der Waals surface area contributed by atoms with Gasteiger partial charge in [-0.05, 0) is 74.1 Å². The summed E-state index contributed by atoms with van der Waals surface area (Å²) in [7, 11) is 0. The first-order valence-corrected chi connectivity index (χ1v) is 9.28. The minimum atomic E-state index is -0.163. The Morgan fingerprint density at radius 2 is 2.12 bits per heavy atom. The highest BCUT2D eigenvalue weighted by molar-refractivity contribution is 7.98. The topological polar surface area (TPSA) is 75.2 Å². The smallest absolute Gasteiger partial charge is 0.273 e. The van der Waals surface area contributed by atoms with Crippen LogP contribution in [0.25, 0.3) is 0 Å². The molecule has 2 amide bonds. The number of rotatable bonds is 3. The van der Waals surface area contributed by atoms with Gasteiger partial charge in [-0.1, -0.05) is 0 Å². The van der Waals surface area contributed by atoms with Gasteiger partial charge in [0, 0.05) is 18.3 Å². The fraction of sp³-hybridized carbons (Fsp3) is 0.333. The van der Waals surface area contributed by atoms with Crippen molar-refractivity contribution in [3.63, 3.8) is 0 Å². The van der Waals surface area contributed by atoms with Crippen LogP contribution in [-0.2, 0) is 0 Å². The average molecular weight is 356 g/mol. The first kappa shape index (κ1) is 16.2. The first-order valence-electron chi connectivity index (χ1n) is 8.51.